The Labute approximate surface area is 161 Å². The molecule has 0 saturated heterocycles. The zero-order valence-electron chi connectivity index (χ0n) is 15.8. The van der Waals surface area contributed by atoms with Crippen molar-refractivity contribution in [3.8, 4) is 22.8 Å². The van der Waals surface area contributed by atoms with Gasteiger partial charge >= 0.3 is 0 Å². The van der Waals surface area contributed by atoms with Crippen LogP contribution in [0.2, 0.25) is 0 Å². The highest BCUT2D eigenvalue weighted by Gasteiger charge is 2.30. The van der Waals surface area contributed by atoms with Gasteiger partial charge in [-0.3, -0.25) is 9.78 Å². The molecule has 1 aliphatic rings. The highest BCUT2D eigenvalue weighted by molar-refractivity contribution is 6.02. The number of benzene rings is 1. The molecule has 3 aromatic rings. The first-order valence-electron chi connectivity index (χ1n) is 8.93. The minimum absolute atomic E-state index is 0.0101. The van der Waals surface area contributed by atoms with E-state index >= 15 is 0 Å². The van der Waals surface area contributed by atoms with Gasteiger partial charge in [-0.05, 0) is 38.1 Å². The first kappa shape index (κ1) is 18.0. The third-order valence-corrected chi connectivity index (χ3v) is 4.71. The summed E-state index contributed by atoms with van der Waals surface area (Å²) in [6.07, 6.45) is 4.78. The van der Waals surface area contributed by atoms with Crippen molar-refractivity contribution in [3.05, 3.63) is 48.7 Å². The molecule has 0 spiro atoms. The molecule has 0 unspecified atom stereocenters. The van der Waals surface area contributed by atoms with Crippen molar-refractivity contribution in [2.24, 2.45) is 0 Å². The molecule has 142 valence electrons. The summed E-state index contributed by atoms with van der Waals surface area (Å²) in [5.41, 5.74) is 2.44. The lowest BCUT2D eigenvalue weighted by atomic mass is 10.1. The average molecular weight is 378 g/mol. The van der Waals surface area contributed by atoms with Crippen LogP contribution in [-0.4, -0.2) is 45.5 Å². The average Bonchev–Trinajstić information content (AvgIpc) is 2.71. The van der Waals surface area contributed by atoms with Crippen molar-refractivity contribution in [1.29, 1.82) is 0 Å². The molecule has 28 heavy (non-hydrogen) atoms. The van der Waals surface area contributed by atoms with Crippen LogP contribution in [-0.2, 0) is 4.79 Å². The Morgan fingerprint density at radius 2 is 1.71 bits per heavy atom. The molecule has 0 fully saturated rings. The van der Waals surface area contributed by atoms with Crippen LogP contribution in [0.25, 0.3) is 22.8 Å². The first-order chi connectivity index (χ1) is 13.5. The summed E-state index contributed by atoms with van der Waals surface area (Å²) >= 11 is 0. The number of halogens is 1. The Morgan fingerprint density at radius 1 is 1.04 bits per heavy atom. The zero-order valence-corrected chi connectivity index (χ0v) is 15.8. The number of fused-ring (bicyclic) bond motifs is 1. The molecule has 3 heterocycles. The van der Waals surface area contributed by atoms with Crippen molar-refractivity contribution >= 4 is 17.4 Å². The minimum Gasteiger partial charge on any atom is -0.343 e. The molecule has 0 N–H and O–H groups in total. The number of hydrogen-bond donors (Lipinski definition) is 0. The van der Waals surface area contributed by atoms with Crippen molar-refractivity contribution in [2.75, 3.05) is 23.4 Å². The number of likely N-dealkylation sites (N-methyl/N-ethyl adjacent to an activating group) is 1. The smallest absolute Gasteiger partial charge is 0.246 e. The molecule has 0 bridgehead atoms. The largest absolute Gasteiger partial charge is 0.343 e. The number of hydrogen-bond acceptors (Lipinski definition) is 6. The maximum atomic E-state index is 13.3. The summed E-state index contributed by atoms with van der Waals surface area (Å²) in [5.74, 6) is 0.751. The van der Waals surface area contributed by atoms with Gasteiger partial charge in [-0.2, -0.15) is 0 Å². The van der Waals surface area contributed by atoms with E-state index in [2.05, 4.69) is 15.0 Å². The van der Waals surface area contributed by atoms with Crippen LogP contribution in [0.3, 0.4) is 0 Å². The van der Waals surface area contributed by atoms with Gasteiger partial charge in [-0.25, -0.2) is 19.3 Å². The Kier molecular flexibility index (Phi) is 4.46. The van der Waals surface area contributed by atoms with Crippen LogP contribution >= 0.6 is 0 Å². The van der Waals surface area contributed by atoms with E-state index in [-0.39, 0.29) is 24.3 Å². The lowest BCUT2D eigenvalue weighted by molar-refractivity contribution is -0.117. The van der Waals surface area contributed by atoms with Gasteiger partial charge in [0.2, 0.25) is 5.91 Å². The Balaban J connectivity index is 1.85. The second-order valence-electron chi connectivity index (χ2n) is 6.84. The second-order valence-corrected chi connectivity index (χ2v) is 6.84. The van der Waals surface area contributed by atoms with Gasteiger partial charge in [0.15, 0.2) is 11.6 Å². The number of anilines is 2. The third kappa shape index (κ3) is 3.06. The van der Waals surface area contributed by atoms with E-state index in [4.69, 9.17) is 4.98 Å². The molecule has 0 saturated carbocycles. The van der Waals surface area contributed by atoms with E-state index in [1.165, 1.54) is 12.1 Å². The van der Waals surface area contributed by atoms with Crippen LogP contribution < -0.4 is 9.80 Å². The predicted octanol–water partition coefficient (Wildman–Crippen LogP) is 2.93. The molecule has 8 heteroatoms. The summed E-state index contributed by atoms with van der Waals surface area (Å²) < 4.78 is 13.3. The Bertz CT molecular complexity index is 1040. The SMILES string of the molecule is CC(C)N1CC(=O)N(C)c2cnc(-c3nccnc3-c3ccc(F)cc3)nc21. The van der Waals surface area contributed by atoms with Crippen LogP contribution in [0.5, 0.6) is 0 Å². The van der Waals surface area contributed by atoms with Crippen LogP contribution in [0, 0.1) is 5.82 Å². The summed E-state index contributed by atoms with van der Waals surface area (Å²) in [4.78, 5) is 33.8. The molecule has 0 aliphatic carbocycles. The number of amides is 1. The van der Waals surface area contributed by atoms with E-state index in [0.29, 0.717) is 28.7 Å². The summed E-state index contributed by atoms with van der Waals surface area (Å²) in [6, 6.07) is 6.14. The lowest BCUT2D eigenvalue weighted by Gasteiger charge is -2.36. The topological polar surface area (TPSA) is 75.1 Å². The van der Waals surface area contributed by atoms with E-state index in [0.717, 1.165) is 5.56 Å². The number of rotatable bonds is 3. The fourth-order valence-electron chi connectivity index (χ4n) is 3.14. The number of carbonyl (C=O) groups excluding carboxylic acids is 1. The van der Waals surface area contributed by atoms with Crippen LogP contribution in [0.1, 0.15) is 13.8 Å². The standard InChI is InChI=1S/C20H19FN6O/c1-12(2)27-11-16(28)26(3)15-10-24-19(25-20(15)27)18-17(22-8-9-23-18)13-4-6-14(21)7-5-13/h4-10,12H,11H2,1-3H3. The summed E-state index contributed by atoms with van der Waals surface area (Å²) in [6.45, 7) is 4.27. The Hall–Kier alpha value is -3.42. The van der Waals surface area contributed by atoms with Gasteiger partial charge < -0.3 is 9.80 Å². The Morgan fingerprint density at radius 3 is 2.39 bits per heavy atom. The van der Waals surface area contributed by atoms with Gasteiger partial charge in [0, 0.05) is 31.0 Å². The molecule has 1 amide bonds. The van der Waals surface area contributed by atoms with E-state index < -0.39 is 0 Å². The monoisotopic (exact) mass is 378 g/mol. The highest BCUT2D eigenvalue weighted by atomic mass is 19.1. The summed E-state index contributed by atoms with van der Waals surface area (Å²) in [5, 5.41) is 0. The van der Waals surface area contributed by atoms with Gasteiger partial charge in [0.1, 0.15) is 17.2 Å². The third-order valence-electron chi connectivity index (χ3n) is 4.71. The zero-order chi connectivity index (χ0) is 19.8. The van der Waals surface area contributed by atoms with Crippen molar-refractivity contribution in [3.63, 3.8) is 0 Å². The molecule has 1 aliphatic heterocycles. The van der Waals surface area contributed by atoms with Gasteiger partial charge in [0.25, 0.3) is 0 Å². The molecule has 2 aromatic heterocycles. The maximum absolute atomic E-state index is 13.3. The molecule has 0 radical (unpaired) electrons. The van der Waals surface area contributed by atoms with Crippen molar-refractivity contribution in [2.45, 2.75) is 19.9 Å². The number of carbonyl (C=O) groups is 1. The second kappa shape index (κ2) is 6.95. The van der Waals surface area contributed by atoms with Crippen LogP contribution in [0.4, 0.5) is 15.9 Å². The van der Waals surface area contributed by atoms with Gasteiger partial charge in [0.05, 0.1) is 18.4 Å². The minimum atomic E-state index is -0.320. The van der Waals surface area contributed by atoms with E-state index in [1.807, 2.05) is 18.7 Å². The van der Waals surface area contributed by atoms with Crippen LogP contribution in [0.15, 0.2) is 42.9 Å². The number of aromatic nitrogens is 4. The van der Waals surface area contributed by atoms with Gasteiger partial charge in [-0.1, -0.05) is 0 Å². The quantitative estimate of drug-likeness (QED) is 0.698. The molecule has 4 rings (SSSR count). The highest BCUT2D eigenvalue weighted by Crippen LogP contribution is 2.34. The maximum Gasteiger partial charge on any atom is 0.246 e. The van der Waals surface area contributed by atoms with Crippen molar-refractivity contribution in [1.82, 2.24) is 19.9 Å². The number of nitrogens with zero attached hydrogens (tertiary/aromatic N) is 6. The van der Waals surface area contributed by atoms with E-state index in [9.17, 15) is 9.18 Å². The summed E-state index contributed by atoms with van der Waals surface area (Å²) in [7, 11) is 1.72. The normalized spacial score (nSPS) is 13.8. The lowest BCUT2D eigenvalue weighted by Crippen LogP contribution is -2.47. The molecular formula is C20H19FN6O. The fourth-order valence-corrected chi connectivity index (χ4v) is 3.14. The van der Waals surface area contributed by atoms with E-state index in [1.54, 1.807) is 42.7 Å². The molecule has 1 aromatic carbocycles. The first-order valence-corrected chi connectivity index (χ1v) is 8.93. The molecular weight excluding hydrogens is 359 g/mol. The predicted molar refractivity (Wildman–Crippen MR) is 104 cm³/mol. The van der Waals surface area contributed by atoms with Gasteiger partial charge in [-0.15, -0.1) is 0 Å². The fraction of sp³-hybridized carbons (Fsp3) is 0.250. The molecule has 0 atom stereocenters. The van der Waals surface area contributed by atoms with Crippen molar-refractivity contribution < 1.29 is 9.18 Å². The molecule has 7 nitrogen and oxygen atoms in total.